The smallest absolute Gasteiger partial charge is 0.176 e. The molecule has 0 saturated carbocycles. The molecular formula is C21H32N2O. The topological polar surface area (TPSA) is 23.6 Å². The van der Waals surface area contributed by atoms with E-state index in [1.54, 1.807) is 0 Å². The molecule has 0 aliphatic carbocycles. The SMILES string of the molecule is O=C(CN1CCC(CCN2CCCCCC2)CC1)c1ccccc1. The Balaban J connectivity index is 1.35. The Bertz CT molecular complexity index is 486. The van der Waals surface area contributed by atoms with Crippen LogP contribution < -0.4 is 0 Å². The van der Waals surface area contributed by atoms with Crippen molar-refractivity contribution in [1.29, 1.82) is 0 Å². The first-order valence-electron chi connectivity index (χ1n) is 9.84. The van der Waals surface area contributed by atoms with Gasteiger partial charge in [0.1, 0.15) is 0 Å². The van der Waals surface area contributed by atoms with Crippen LogP contribution in [-0.2, 0) is 0 Å². The zero-order valence-electron chi connectivity index (χ0n) is 15.0. The number of carbonyl (C=O) groups is 1. The number of rotatable bonds is 6. The minimum Gasteiger partial charge on any atom is -0.303 e. The predicted octanol–water partition coefficient (Wildman–Crippen LogP) is 3.85. The monoisotopic (exact) mass is 328 g/mol. The summed E-state index contributed by atoms with van der Waals surface area (Å²) < 4.78 is 0. The first-order chi connectivity index (χ1) is 11.8. The number of carbonyl (C=O) groups excluding carboxylic acids is 1. The number of ketones is 1. The number of hydrogen-bond acceptors (Lipinski definition) is 3. The molecule has 24 heavy (non-hydrogen) atoms. The maximum atomic E-state index is 12.3. The molecular weight excluding hydrogens is 296 g/mol. The number of benzene rings is 1. The largest absolute Gasteiger partial charge is 0.303 e. The summed E-state index contributed by atoms with van der Waals surface area (Å²) in [5, 5.41) is 0. The molecule has 3 rings (SSSR count). The van der Waals surface area contributed by atoms with Gasteiger partial charge in [0, 0.05) is 5.56 Å². The number of piperidine rings is 1. The minimum absolute atomic E-state index is 0.263. The summed E-state index contributed by atoms with van der Waals surface area (Å²) in [7, 11) is 0. The predicted molar refractivity (Wildman–Crippen MR) is 99.5 cm³/mol. The Kier molecular flexibility index (Phi) is 6.86. The molecule has 2 aliphatic heterocycles. The van der Waals surface area contributed by atoms with E-state index in [0.717, 1.165) is 24.6 Å². The van der Waals surface area contributed by atoms with Gasteiger partial charge < -0.3 is 4.90 Å². The van der Waals surface area contributed by atoms with Crippen LogP contribution in [0.2, 0.25) is 0 Å². The second-order valence-corrected chi connectivity index (χ2v) is 7.55. The van der Waals surface area contributed by atoms with Crippen LogP contribution in [0.3, 0.4) is 0 Å². The van der Waals surface area contributed by atoms with Crippen molar-refractivity contribution in [2.45, 2.75) is 44.9 Å². The second-order valence-electron chi connectivity index (χ2n) is 7.55. The molecule has 3 nitrogen and oxygen atoms in total. The fourth-order valence-electron chi connectivity index (χ4n) is 4.08. The third kappa shape index (κ3) is 5.42. The van der Waals surface area contributed by atoms with E-state index in [4.69, 9.17) is 0 Å². The van der Waals surface area contributed by atoms with Crippen molar-refractivity contribution in [3.8, 4) is 0 Å². The van der Waals surface area contributed by atoms with Crippen LogP contribution in [0, 0.1) is 5.92 Å². The van der Waals surface area contributed by atoms with E-state index in [1.165, 1.54) is 64.6 Å². The van der Waals surface area contributed by atoms with E-state index in [9.17, 15) is 4.79 Å². The number of Topliss-reactive ketones (excluding diaryl/α,β-unsaturated/α-hetero) is 1. The molecule has 0 radical (unpaired) electrons. The molecule has 0 spiro atoms. The summed E-state index contributed by atoms with van der Waals surface area (Å²) in [4.78, 5) is 17.3. The van der Waals surface area contributed by atoms with Crippen molar-refractivity contribution in [1.82, 2.24) is 9.80 Å². The summed E-state index contributed by atoms with van der Waals surface area (Å²) in [6, 6.07) is 9.71. The Morgan fingerprint density at radius 3 is 2.21 bits per heavy atom. The molecule has 0 amide bonds. The van der Waals surface area contributed by atoms with Crippen molar-refractivity contribution in [2.24, 2.45) is 5.92 Å². The third-order valence-electron chi connectivity index (χ3n) is 5.72. The van der Waals surface area contributed by atoms with Crippen molar-refractivity contribution in [2.75, 3.05) is 39.3 Å². The molecule has 0 N–H and O–H groups in total. The molecule has 0 unspecified atom stereocenters. The lowest BCUT2D eigenvalue weighted by Gasteiger charge is -2.32. The van der Waals surface area contributed by atoms with E-state index in [0.29, 0.717) is 6.54 Å². The van der Waals surface area contributed by atoms with Gasteiger partial charge in [-0.25, -0.2) is 0 Å². The van der Waals surface area contributed by atoms with Gasteiger partial charge in [-0.3, -0.25) is 9.69 Å². The fraction of sp³-hybridized carbons (Fsp3) is 0.667. The Morgan fingerprint density at radius 1 is 0.875 bits per heavy atom. The van der Waals surface area contributed by atoms with Gasteiger partial charge in [-0.15, -0.1) is 0 Å². The highest BCUT2D eigenvalue weighted by molar-refractivity contribution is 5.97. The molecule has 0 aromatic heterocycles. The van der Waals surface area contributed by atoms with E-state index in [1.807, 2.05) is 30.3 Å². The molecule has 1 aromatic rings. The molecule has 2 aliphatic rings. The maximum absolute atomic E-state index is 12.3. The quantitative estimate of drug-likeness (QED) is 0.741. The molecule has 2 fully saturated rings. The van der Waals surface area contributed by atoms with Crippen LogP contribution in [0.5, 0.6) is 0 Å². The van der Waals surface area contributed by atoms with E-state index >= 15 is 0 Å². The molecule has 0 atom stereocenters. The third-order valence-corrected chi connectivity index (χ3v) is 5.72. The average molecular weight is 328 g/mol. The van der Waals surface area contributed by atoms with Gasteiger partial charge in [0.15, 0.2) is 5.78 Å². The highest BCUT2D eigenvalue weighted by Crippen LogP contribution is 2.22. The van der Waals surface area contributed by atoms with E-state index in [2.05, 4.69) is 9.80 Å². The summed E-state index contributed by atoms with van der Waals surface area (Å²) in [6.45, 7) is 6.66. The zero-order chi connectivity index (χ0) is 16.6. The molecule has 0 bridgehead atoms. The average Bonchev–Trinajstić information content (AvgIpc) is 2.91. The molecule has 132 valence electrons. The molecule has 1 aromatic carbocycles. The van der Waals surface area contributed by atoms with Crippen LogP contribution in [0.15, 0.2) is 30.3 Å². The van der Waals surface area contributed by atoms with Crippen molar-refractivity contribution in [3.05, 3.63) is 35.9 Å². The van der Waals surface area contributed by atoms with Crippen molar-refractivity contribution < 1.29 is 4.79 Å². The van der Waals surface area contributed by atoms with Crippen LogP contribution in [0.1, 0.15) is 55.3 Å². The molecule has 2 heterocycles. The lowest BCUT2D eigenvalue weighted by atomic mass is 9.93. The van der Waals surface area contributed by atoms with Gasteiger partial charge in [0.25, 0.3) is 0 Å². The Morgan fingerprint density at radius 2 is 1.54 bits per heavy atom. The first kappa shape index (κ1) is 17.6. The maximum Gasteiger partial charge on any atom is 0.176 e. The Hall–Kier alpha value is -1.19. The number of likely N-dealkylation sites (tertiary alicyclic amines) is 2. The van der Waals surface area contributed by atoms with Gasteiger partial charge in [0.05, 0.1) is 6.54 Å². The first-order valence-corrected chi connectivity index (χ1v) is 9.84. The second kappa shape index (κ2) is 9.33. The molecule has 2 saturated heterocycles. The van der Waals surface area contributed by atoms with Crippen molar-refractivity contribution in [3.63, 3.8) is 0 Å². The van der Waals surface area contributed by atoms with Crippen LogP contribution >= 0.6 is 0 Å². The lowest BCUT2D eigenvalue weighted by molar-refractivity contribution is 0.0888. The standard InChI is InChI=1S/C21H32N2O/c24-21(20-8-4-3-5-9-20)18-23-16-11-19(12-17-23)10-15-22-13-6-1-2-7-14-22/h3-5,8-9,19H,1-2,6-7,10-18H2. The molecule has 3 heteroatoms. The van der Waals surface area contributed by atoms with Gasteiger partial charge >= 0.3 is 0 Å². The summed E-state index contributed by atoms with van der Waals surface area (Å²) >= 11 is 0. The number of nitrogens with zero attached hydrogens (tertiary/aromatic N) is 2. The Labute approximate surface area is 147 Å². The van der Waals surface area contributed by atoms with Gasteiger partial charge in [-0.05, 0) is 70.7 Å². The lowest BCUT2D eigenvalue weighted by Crippen LogP contribution is -2.38. The number of hydrogen-bond donors (Lipinski definition) is 0. The minimum atomic E-state index is 0.263. The van der Waals surface area contributed by atoms with Gasteiger partial charge in [-0.2, -0.15) is 0 Å². The van der Waals surface area contributed by atoms with Crippen molar-refractivity contribution >= 4 is 5.78 Å². The normalized spacial score (nSPS) is 21.5. The highest BCUT2D eigenvalue weighted by atomic mass is 16.1. The van der Waals surface area contributed by atoms with E-state index < -0.39 is 0 Å². The fourth-order valence-corrected chi connectivity index (χ4v) is 4.08. The summed E-state index contributed by atoms with van der Waals surface area (Å²) in [6.07, 6.45) is 9.49. The van der Waals surface area contributed by atoms with Crippen LogP contribution in [0.4, 0.5) is 0 Å². The highest BCUT2D eigenvalue weighted by Gasteiger charge is 2.22. The van der Waals surface area contributed by atoms with E-state index in [-0.39, 0.29) is 5.78 Å². The van der Waals surface area contributed by atoms with Gasteiger partial charge in [-0.1, -0.05) is 43.2 Å². The summed E-state index contributed by atoms with van der Waals surface area (Å²) in [5.74, 6) is 1.12. The summed E-state index contributed by atoms with van der Waals surface area (Å²) in [5.41, 5.74) is 0.848. The van der Waals surface area contributed by atoms with Gasteiger partial charge in [0.2, 0.25) is 0 Å². The van der Waals surface area contributed by atoms with Crippen LogP contribution in [0.25, 0.3) is 0 Å². The zero-order valence-corrected chi connectivity index (χ0v) is 15.0. The van der Waals surface area contributed by atoms with Crippen LogP contribution in [-0.4, -0.2) is 54.9 Å².